The molecule has 0 spiro atoms. The van der Waals surface area contributed by atoms with E-state index in [-0.39, 0.29) is 18.2 Å². The number of rotatable bonds is 4. The largest absolute Gasteiger partial charge is 0.487 e. The summed E-state index contributed by atoms with van der Waals surface area (Å²) in [6, 6.07) is 11.6. The molecule has 2 unspecified atom stereocenters. The van der Waals surface area contributed by atoms with Crippen molar-refractivity contribution < 1.29 is 14.3 Å². The molecule has 2 atom stereocenters. The molecule has 1 aliphatic rings. The van der Waals surface area contributed by atoms with Crippen molar-refractivity contribution in [3.05, 3.63) is 54.0 Å². The summed E-state index contributed by atoms with van der Waals surface area (Å²) in [6.45, 7) is 6.14. The summed E-state index contributed by atoms with van der Waals surface area (Å²) in [6.07, 6.45) is 2.36. The molecule has 2 heterocycles. The predicted molar refractivity (Wildman–Crippen MR) is 101 cm³/mol. The molecule has 26 heavy (non-hydrogen) atoms. The van der Waals surface area contributed by atoms with Crippen LogP contribution >= 0.6 is 0 Å². The molecular weight excluding hydrogens is 330 g/mol. The molecule has 0 bridgehead atoms. The van der Waals surface area contributed by atoms with Gasteiger partial charge in [0.1, 0.15) is 22.7 Å². The number of para-hydroxylation sites is 1. The lowest BCUT2D eigenvalue weighted by atomic mass is 9.90. The molecule has 1 aromatic heterocycles. The Labute approximate surface area is 154 Å². The minimum atomic E-state index is -1.13. The topological polar surface area (TPSA) is 79.0 Å². The van der Waals surface area contributed by atoms with Crippen LogP contribution in [0.2, 0.25) is 0 Å². The molecule has 0 amide bonds. The maximum Gasteiger partial charge on any atom is 0.191 e. The minimum absolute atomic E-state index is 0.0645. The summed E-state index contributed by atoms with van der Waals surface area (Å²) in [5, 5.41) is 17.3. The summed E-state index contributed by atoms with van der Waals surface area (Å²) in [7, 11) is 1.72. The fourth-order valence-electron chi connectivity index (χ4n) is 3.22. The zero-order valence-corrected chi connectivity index (χ0v) is 15.7. The fraction of sp³-hybridized carbons (Fsp3) is 0.450. The average molecular weight is 357 g/mol. The van der Waals surface area contributed by atoms with Gasteiger partial charge in [-0.2, -0.15) is 0 Å². The number of hydrogen-bond acceptors (Lipinski definition) is 4. The van der Waals surface area contributed by atoms with Gasteiger partial charge in [0.25, 0.3) is 0 Å². The molecule has 3 N–H and O–H groups in total. The van der Waals surface area contributed by atoms with Crippen LogP contribution in [0, 0.1) is 0 Å². The maximum absolute atomic E-state index is 10.6. The molecule has 0 fully saturated rings. The zero-order valence-electron chi connectivity index (χ0n) is 15.7. The highest BCUT2D eigenvalue weighted by Crippen LogP contribution is 2.39. The van der Waals surface area contributed by atoms with E-state index in [1.54, 1.807) is 32.4 Å². The smallest absolute Gasteiger partial charge is 0.191 e. The zero-order chi connectivity index (χ0) is 18.8. The van der Waals surface area contributed by atoms with Gasteiger partial charge in [-0.1, -0.05) is 18.2 Å². The number of aliphatic imine (C=N–C) groups is 1. The van der Waals surface area contributed by atoms with Gasteiger partial charge < -0.3 is 24.9 Å². The van der Waals surface area contributed by atoms with Crippen LogP contribution in [0.5, 0.6) is 5.75 Å². The van der Waals surface area contributed by atoms with E-state index in [1.165, 1.54) is 0 Å². The first-order valence-corrected chi connectivity index (χ1v) is 8.82. The van der Waals surface area contributed by atoms with Crippen LogP contribution in [0.25, 0.3) is 0 Å². The average Bonchev–Trinajstić information content (AvgIpc) is 3.13. The van der Waals surface area contributed by atoms with Gasteiger partial charge >= 0.3 is 0 Å². The Bertz CT molecular complexity index is 766. The summed E-state index contributed by atoms with van der Waals surface area (Å²) < 4.78 is 11.4. The maximum atomic E-state index is 10.6. The van der Waals surface area contributed by atoms with Crippen LogP contribution in [0.4, 0.5) is 0 Å². The molecule has 0 radical (unpaired) electrons. The van der Waals surface area contributed by atoms with Crippen molar-refractivity contribution in [1.29, 1.82) is 0 Å². The highest BCUT2D eigenvalue weighted by Gasteiger charge is 2.34. The molecular formula is C20H27N3O3. The van der Waals surface area contributed by atoms with Gasteiger partial charge in [-0.05, 0) is 39.0 Å². The number of guanidine groups is 1. The van der Waals surface area contributed by atoms with E-state index < -0.39 is 5.60 Å². The van der Waals surface area contributed by atoms with Crippen LogP contribution in [0.15, 0.2) is 52.1 Å². The van der Waals surface area contributed by atoms with E-state index in [9.17, 15) is 5.11 Å². The molecule has 1 aromatic carbocycles. The quantitative estimate of drug-likeness (QED) is 0.579. The van der Waals surface area contributed by atoms with Gasteiger partial charge in [0, 0.05) is 19.0 Å². The summed E-state index contributed by atoms with van der Waals surface area (Å²) in [5.74, 6) is 2.02. The van der Waals surface area contributed by atoms with Crippen molar-refractivity contribution in [1.82, 2.24) is 10.6 Å². The van der Waals surface area contributed by atoms with Crippen molar-refractivity contribution in [3.63, 3.8) is 0 Å². The number of ether oxygens (including phenoxy) is 1. The molecule has 0 aliphatic carbocycles. The molecule has 1 aliphatic heterocycles. The van der Waals surface area contributed by atoms with E-state index in [0.717, 1.165) is 17.7 Å². The molecule has 0 saturated carbocycles. The Morgan fingerprint density at radius 2 is 2.08 bits per heavy atom. The molecule has 6 nitrogen and oxygen atoms in total. The fourth-order valence-corrected chi connectivity index (χ4v) is 3.22. The van der Waals surface area contributed by atoms with Crippen LogP contribution < -0.4 is 15.4 Å². The number of aliphatic hydroxyl groups is 1. The first-order valence-electron chi connectivity index (χ1n) is 8.82. The van der Waals surface area contributed by atoms with E-state index in [4.69, 9.17) is 9.15 Å². The van der Waals surface area contributed by atoms with Crippen molar-refractivity contribution in [2.45, 2.75) is 44.4 Å². The molecule has 6 heteroatoms. The first-order chi connectivity index (χ1) is 12.3. The van der Waals surface area contributed by atoms with Crippen molar-refractivity contribution in [2.24, 2.45) is 4.99 Å². The number of fused-ring (bicyclic) bond motifs is 1. The highest BCUT2D eigenvalue weighted by molar-refractivity contribution is 5.80. The normalized spacial score (nSPS) is 21.3. The first kappa shape index (κ1) is 18.3. The van der Waals surface area contributed by atoms with E-state index in [2.05, 4.69) is 35.5 Å². The Hall–Kier alpha value is -2.47. The Morgan fingerprint density at radius 3 is 2.77 bits per heavy atom. The lowest BCUT2D eigenvalue weighted by Gasteiger charge is -2.38. The second kappa shape index (κ2) is 7.03. The summed E-state index contributed by atoms with van der Waals surface area (Å²) in [4.78, 5) is 4.30. The van der Waals surface area contributed by atoms with Crippen molar-refractivity contribution in [3.8, 4) is 5.75 Å². The van der Waals surface area contributed by atoms with Gasteiger partial charge in [-0.25, -0.2) is 0 Å². The van der Waals surface area contributed by atoms with E-state index in [0.29, 0.717) is 11.7 Å². The summed E-state index contributed by atoms with van der Waals surface area (Å²) >= 11 is 0. The second-order valence-electron chi connectivity index (χ2n) is 7.48. The molecule has 2 aromatic rings. The van der Waals surface area contributed by atoms with Crippen molar-refractivity contribution >= 4 is 5.96 Å². The molecule has 140 valence electrons. The number of furan rings is 1. The third-order valence-corrected chi connectivity index (χ3v) is 4.56. The van der Waals surface area contributed by atoms with Gasteiger partial charge in [-0.3, -0.25) is 4.99 Å². The Balaban J connectivity index is 1.71. The monoisotopic (exact) mass is 357 g/mol. The standard InChI is InChI=1S/C20H27N3O3/c1-19(2)12-15(14-8-5-6-9-16(14)26-19)23-18(21-4)22-13-20(3,24)17-10-7-11-25-17/h5-11,15,24H,12-13H2,1-4H3,(H2,21,22,23). The summed E-state index contributed by atoms with van der Waals surface area (Å²) in [5.41, 5.74) is -0.300. The van der Waals surface area contributed by atoms with E-state index >= 15 is 0 Å². The highest BCUT2D eigenvalue weighted by atomic mass is 16.5. The van der Waals surface area contributed by atoms with Crippen LogP contribution in [0.1, 0.15) is 44.6 Å². The van der Waals surface area contributed by atoms with E-state index in [1.807, 2.05) is 18.2 Å². The number of nitrogens with zero attached hydrogens (tertiary/aromatic N) is 1. The van der Waals surface area contributed by atoms with Crippen LogP contribution in [-0.2, 0) is 5.60 Å². The van der Waals surface area contributed by atoms with Gasteiger partial charge in [-0.15, -0.1) is 0 Å². The number of nitrogens with one attached hydrogen (secondary N) is 2. The molecule has 3 rings (SSSR count). The number of benzene rings is 1. The van der Waals surface area contributed by atoms with Gasteiger partial charge in [0.05, 0.1) is 18.8 Å². The predicted octanol–water partition coefficient (Wildman–Crippen LogP) is 2.95. The third kappa shape index (κ3) is 4.02. The second-order valence-corrected chi connectivity index (χ2v) is 7.48. The van der Waals surface area contributed by atoms with Crippen LogP contribution in [0.3, 0.4) is 0 Å². The molecule has 0 saturated heterocycles. The Morgan fingerprint density at radius 1 is 1.31 bits per heavy atom. The third-order valence-electron chi connectivity index (χ3n) is 4.56. The van der Waals surface area contributed by atoms with Crippen molar-refractivity contribution in [2.75, 3.05) is 13.6 Å². The lowest BCUT2D eigenvalue weighted by molar-refractivity contribution is 0.0382. The van der Waals surface area contributed by atoms with Gasteiger partial charge in [0.15, 0.2) is 5.96 Å². The van der Waals surface area contributed by atoms with Crippen LogP contribution in [-0.4, -0.2) is 30.3 Å². The lowest BCUT2D eigenvalue weighted by Crippen LogP contribution is -2.48. The SMILES string of the molecule is CN=C(NCC(C)(O)c1ccco1)NC1CC(C)(C)Oc2ccccc21. The van der Waals surface area contributed by atoms with Gasteiger partial charge in [0.2, 0.25) is 0 Å². The Kier molecular flexibility index (Phi) is 4.96. The number of hydrogen-bond donors (Lipinski definition) is 3. The minimum Gasteiger partial charge on any atom is -0.487 e.